The first kappa shape index (κ1) is 28.1. The van der Waals surface area contributed by atoms with Gasteiger partial charge in [-0.25, -0.2) is 0 Å². The van der Waals surface area contributed by atoms with Gasteiger partial charge in [-0.15, -0.1) is 0 Å². The number of hydrogen-bond donors (Lipinski definition) is 1. The molecule has 0 fully saturated rings. The number of benzene rings is 4. The number of methoxy groups -OCH3 is 2. The van der Waals surface area contributed by atoms with E-state index >= 15 is 0 Å². The number of hydrogen-bond acceptors (Lipinski definition) is 4. The van der Waals surface area contributed by atoms with Crippen LogP contribution in [-0.4, -0.2) is 44.1 Å². The Hall–Kier alpha value is -4.42. The Balaban J connectivity index is 1.75. The molecule has 0 saturated carbocycles. The van der Waals surface area contributed by atoms with Crippen molar-refractivity contribution in [2.24, 2.45) is 0 Å². The van der Waals surface area contributed by atoms with Crippen LogP contribution in [0.1, 0.15) is 45.1 Å². The van der Waals surface area contributed by atoms with Crippen LogP contribution in [-0.2, 0) is 27.9 Å². The molecule has 5 rings (SSSR count). The molecular formula is C35H36N2O4. The van der Waals surface area contributed by atoms with Crippen LogP contribution in [0.4, 0.5) is 0 Å². The van der Waals surface area contributed by atoms with E-state index in [0.29, 0.717) is 43.9 Å². The fraction of sp³-hybridized carbons (Fsp3) is 0.257. The number of nitrogens with one attached hydrogen (secondary N) is 1. The molecule has 0 bridgehead atoms. The third-order valence-electron chi connectivity index (χ3n) is 7.85. The molecule has 0 spiro atoms. The number of carbonyl (C=O) groups is 2. The van der Waals surface area contributed by atoms with Crippen molar-refractivity contribution in [2.45, 2.75) is 30.8 Å². The molecule has 6 nitrogen and oxygen atoms in total. The van der Waals surface area contributed by atoms with Crippen LogP contribution in [0.2, 0.25) is 0 Å². The van der Waals surface area contributed by atoms with Crippen molar-refractivity contribution in [2.75, 3.05) is 27.4 Å². The van der Waals surface area contributed by atoms with Gasteiger partial charge in [0.15, 0.2) is 0 Å². The van der Waals surface area contributed by atoms with Crippen LogP contribution >= 0.6 is 0 Å². The summed E-state index contributed by atoms with van der Waals surface area (Å²) in [5, 5.41) is 3.23. The van der Waals surface area contributed by atoms with Gasteiger partial charge in [-0.05, 0) is 53.3 Å². The Morgan fingerprint density at radius 1 is 0.829 bits per heavy atom. The predicted octanol–water partition coefficient (Wildman–Crippen LogP) is 5.73. The predicted molar refractivity (Wildman–Crippen MR) is 160 cm³/mol. The van der Waals surface area contributed by atoms with Gasteiger partial charge >= 0.3 is 0 Å². The summed E-state index contributed by atoms with van der Waals surface area (Å²) in [5.74, 6) is 0.501. The van der Waals surface area contributed by atoms with Gasteiger partial charge in [0.1, 0.15) is 11.2 Å². The summed E-state index contributed by atoms with van der Waals surface area (Å²) in [6, 6.07) is 34.7. The lowest BCUT2D eigenvalue weighted by Gasteiger charge is -2.50. The number of rotatable bonds is 11. The first-order valence-corrected chi connectivity index (χ1v) is 14.0. The highest BCUT2D eigenvalue weighted by Gasteiger charge is 2.56. The van der Waals surface area contributed by atoms with Crippen LogP contribution in [0.3, 0.4) is 0 Å². The van der Waals surface area contributed by atoms with Crippen LogP contribution in [0.25, 0.3) is 0 Å². The van der Waals surface area contributed by atoms with Gasteiger partial charge in [-0.1, -0.05) is 91.0 Å². The van der Waals surface area contributed by atoms with E-state index in [9.17, 15) is 9.59 Å². The van der Waals surface area contributed by atoms with Crippen LogP contribution in [0.5, 0.6) is 5.75 Å². The zero-order valence-corrected chi connectivity index (χ0v) is 23.6. The Bertz CT molecular complexity index is 1460. The summed E-state index contributed by atoms with van der Waals surface area (Å²) in [5.41, 5.74) is 3.06. The maximum absolute atomic E-state index is 14.7. The molecule has 210 valence electrons. The van der Waals surface area contributed by atoms with E-state index < -0.39 is 11.5 Å². The van der Waals surface area contributed by atoms with Gasteiger partial charge < -0.3 is 19.7 Å². The van der Waals surface area contributed by atoms with E-state index in [1.165, 1.54) is 0 Å². The highest BCUT2D eigenvalue weighted by Crippen LogP contribution is 2.50. The summed E-state index contributed by atoms with van der Waals surface area (Å²) in [4.78, 5) is 31.0. The summed E-state index contributed by atoms with van der Waals surface area (Å²) >= 11 is 0. The SMILES string of the molecule is COCCCNC(=O)[C@@]1(Cc2ccccc2)c2ccccc2C(=O)N(Cc2ccccc2)C1c1ccc(OC)cc1. The minimum absolute atomic E-state index is 0.0962. The zero-order chi connectivity index (χ0) is 28.7. The molecule has 1 heterocycles. The first-order chi connectivity index (χ1) is 20.1. The molecule has 0 saturated heterocycles. The quantitative estimate of drug-likeness (QED) is 0.243. The minimum Gasteiger partial charge on any atom is -0.497 e. The van der Waals surface area contributed by atoms with Gasteiger partial charge in [0.2, 0.25) is 5.91 Å². The summed E-state index contributed by atoms with van der Waals surface area (Å²) in [6.07, 6.45) is 1.10. The van der Waals surface area contributed by atoms with Crippen LogP contribution < -0.4 is 10.1 Å². The molecule has 1 aliphatic heterocycles. The molecule has 6 heteroatoms. The number of fused-ring (bicyclic) bond motifs is 1. The lowest BCUT2D eigenvalue weighted by Crippen LogP contribution is -2.59. The fourth-order valence-corrected chi connectivity index (χ4v) is 5.95. The number of ether oxygens (including phenoxy) is 2. The highest BCUT2D eigenvalue weighted by atomic mass is 16.5. The maximum atomic E-state index is 14.7. The van der Waals surface area contributed by atoms with Crippen LogP contribution in [0, 0.1) is 0 Å². The second kappa shape index (κ2) is 12.8. The lowest BCUT2D eigenvalue weighted by atomic mass is 9.63. The van der Waals surface area contributed by atoms with Gasteiger partial charge in [0.05, 0.1) is 13.2 Å². The largest absolute Gasteiger partial charge is 0.497 e. The van der Waals surface area contributed by atoms with Crippen molar-refractivity contribution in [3.63, 3.8) is 0 Å². The normalized spacial score (nSPS) is 18.0. The van der Waals surface area contributed by atoms with Gasteiger partial charge in [-0.3, -0.25) is 9.59 Å². The van der Waals surface area contributed by atoms with E-state index in [1.54, 1.807) is 14.2 Å². The fourth-order valence-electron chi connectivity index (χ4n) is 5.95. The zero-order valence-electron chi connectivity index (χ0n) is 23.6. The third-order valence-corrected chi connectivity index (χ3v) is 7.85. The van der Waals surface area contributed by atoms with E-state index in [0.717, 1.165) is 22.3 Å². The molecule has 1 N–H and O–H groups in total. The van der Waals surface area contributed by atoms with E-state index in [-0.39, 0.29) is 11.8 Å². The highest BCUT2D eigenvalue weighted by molar-refractivity contribution is 6.03. The monoisotopic (exact) mass is 548 g/mol. The second-order valence-corrected chi connectivity index (χ2v) is 10.4. The molecule has 0 radical (unpaired) electrons. The Morgan fingerprint density at radius 2 is 1.46 bits per heavy atom. The Kier molecular flexibility index (Phi) is 8.80. The van der Waals surface area contributed by atoms with E-state index in [4.69, 9.17) is 9.47 Å². The van der Waals surface area contributed by atoms with Gasteiger partial charge in [0, 0.05) is 32.4 Å². The molecule has 1 unspecified atom stereocenters. The van der Waals surface area contributed by atoms with Crippen molar-refractivity contribution >= 4 is 11.8 Å². The van der Waals surface area contributed by atoms with Crippen LogP contribution in [0.15, 0.2) is 109 Å². The Labute approximate surface area is 241 Å². The van der Waals surface area contributed by atoms with Gasteiger partial charge in [-0.2, -0.15) is 0 Å². The average molecular weight is 549 g/mol. The molecule has 4 aromatic carbocycles. The smallest absolute Gasteiger partial charge is 0.255 e. The molecule has 2 atom stereocenters. The topological polar surface area (TPSA) is 67.9 Å². The lowest BCUT2D eigenvalue weighted by molar-refractivity contribution is -0.130. The summed E-state index contributed by atoms with van der Waals surface area (Å²) in [6.45, 7) is 1.37. The van der Waals surface area contributed by atoms with E-state index in [1.807, 2.05) is 114 Å². The second-order valence-electron chi connectivity index (χ2n) is 10.4. The molecule has 1 aliphatic rings. The average Bonchev–Trinajstić information content (AvgIpc) is 3.02. The van der Waals surface area contributed by atoms with Crippen molar-refractivity contribution in [3.8, 4) is 5.75 Å². The Morgan fingerprint density at radius 3 is 2.12 bits per heavy atom. The van der Waals surface area contributed by atoms with E-state index in [2.05, 4.69) is 5.32 Å². The first-order valence-electron chi connectivity index (χ1n) is 14.0. The van der Waals surface area contributed by atoms with Crippen molar-refractivity contribution in [3.05, 3.63) is 137 Å². The standard InChI is InChI=1S/C35H36N2O4/c1-40-23-11-22-36-34(39)35(24-26-12-5-3-6-13-26)31-17-10-9-16-30(31)33(38)37(25-27-14-7-4-8-15-27)32(35)28-18-20-29(41-2)21-19-28/h3-10,12-21,32H,11,22-25H2,1-2H3,(H,36,39)/t32?,35-/m0/s1. The summed E-state index contributed by atoms with van der Waals surface area (Å²) in [7, 11) is 3.28. The third kappa shape index (κ3) is 5.74. The molecule has 41 heavy (non-hydrogen) atoms. The van der Waals surface area contributed by atoms with Gasteiger partial charge in [0.25, 0.3) is 5.91 Å². The minimum atomic E-state index is -1.11. The molecule has 4 aromatic rings. The number of amides is 2. The molecule has 2 amide bonds. The number of nitrogens with zero attached hydrogens (tertiary/aromatic N) is 1. The van der Waals surface area contributed by atoms with Crippen molar-refractivity contribution < 1.29 is 19.1 Å². The van der Waals surface area contributed by atoms with Crippen molar-refractivity contribution in [1.82, 2.24) is 10.2 Å². The molecule has 0 aromatic heterocycles. The molecular weight excluding hydrogens is 512 g/mol. The molecule has 0 aliphatic carbocycles. The van der Waals surface area contributed by atoms with Crippen molar-refractivity contribution in [1.29, 1.82) is 0 Å². The maximum Gasteiger partial charge on any atom is 0.255 e. The number of carbonyl (C=O) groups excluding carboxylic acids is 2. The summed E-state index contributed by atoms with van der Waals surface area (Å²) < 4.78 is 10.7.